The number of benzene rings is 1. The molecule has 1 aliphatic rings. The molecule has 3 rings (SSSR count). The summed E-state index contributed by atoms with van der Waals surface area (Å²) in [6.45, 7) is 0.867. The van der Waals surface area contributed by atoms with Crippen LogP contribution in [0.25, 0.3) is 0 Å². The molecule has 1 aliphatic carbocycles. The van der Waals surface area contributed by atoms with Crippen molar-refractivity contribution in [3.63, 3.8) is 0 Å². The quantitative estimate of drug-likeness (QED) is 0.805. The average molecular weight is 284 g/mol. The first-order valence-corrected chi connectivity index (χ1v) is 7.40. The van der Waals surface area contributed by atoms with Gasteiger partial charge < -0.3 is 15.4 Å². The van der Waals surface area contributed by atoms with Crippen molar-refractivity contribution in [3.8, 4) is 0 Å². The smallest absolute Gasteiger partial charge is 0.248 e. The predicted octanol–water partition coefficient (Wildman–Crippen LogP) is 2.03. The summed E-state index contributed by atoms with van der Waals surface area (Å²) >= 11 is 0. The highest BCUT2D eigenvalue weighted by atomic mass is 16.3. The third-order valence-electron chi connectivity index (χ3n) is 4.09. The van der Waals surface area contributed by atoms with Gasteiger partial charge in [0, 0.05) is 24.3 Å². The van der Waals surface area contributed by atoms with E-state index in [4.69, 9.17) is 5.11 Å². The first kappa shape index (κ1) is 14.0. The van der Waals surface area contributed by atoms with E-state index in [2.05, 4.69) is 10.3 Å². The Labute approximate surface area is 123 Å². The van der Waals surface area contributed by atoms with Gasteiger partial charge in [-0.3, -0.25) is 4.79 Å². The van der Waals surface area contributed by atoms with E-state index < -0.39 is 0 Å². The first-order chi connectivity index (χ1) is 10.3. The third-order valence-corrected chi connectivity index (χ3v) is 4.09. The summed E-state index contributed by atoms with van der Waals surface area (Å²) in [5.74, 6) is 0. The van der Waals surface area contributed by atoms with E-state index >= 15 is 0 Å². The van der Waals surface area contributed by atoms with E-state index in [0.717, 1.165) is 37.1 Å². The number of fused-ring (bicyclic) bond motifs is 1. The lowest BCUT2D eigenvalue weighted by atomic mass is 9.91. The molecule has 0 radical (unpaired) electrons. The highest BCUT2D eigenvalue weighted by Gasteiger charge is 2.20. The van der Waals surface area contributed by atoms with Gasteiger partial charge >= 0.3 is 0 Å². The molecule has 4 heteroatoms. The number of aliphatic hydroxyl groups is 1. The lowest BCUT2D eigenvalue weighted by Crippen LogP contribution is -2.27. The van der Waals surface area contributed by atoms with Crippen LogP contribution in [0.1, 0.15) is 41.3 Å². The Kier molecular flexibility index (Phi) is 4.18. The molecule has 0 aliphatic heterocycles. The van der Waals surface area contributed by atoms with Gasteiger partial charge in [0.05, 0.1) is 6.61 Å². The Morgan fingerprint density at radius 1 is 1.14 bits per heavy atom. The molecule has 0 amide bonds. The molecule has 0 fully saturated rings. The lowest BCUT2D eigenvalue weighted by Gasteiger charge is -2.26. The number of rotatable bonds is 4. The zero-order valence-corrected chi connectivity index (χ0v) is 11.9. The van der Waals surface area contributed by atoms with E-state index in [1.165, 1.54) is 11.1 Å². The summed E-state index contributed by atoms with van der Waals surface area (Å²) in [5, 5.41) is 12.6. The molecule has 1 aromatic heterocycles. The zero-order chi connectivity index (χ0) is 14.7. The Morgan fingerprint density at radius 2 is 1.90 bits per heavy atom. The fourth-order valence-corrected chi connectivity index (χ4v) is 2.92. The number of H-pyrrole nitrogens is 1. The van der Waals surface area contributed by atoms with E-state index in [1.54, 1.807) is 6.07 Å². The molecule has 1 heterocycles. The lowest BCUT2D eigenvalue weighted by molar-refractivity contribution is 0.282. The summed E-state index contributed by atoms with van der Waals surface area (Å²) in [7, 11) is 0. The van der Waals surface area contributed by atoms with Crippen molar-refractivity contribution < 1.29 is 5.11 Å². The average Bonchev–Trinajstić information content (AvgIpc) is 2.53. The third kappa shape index (κ3) is 3.23. The van der Waals surface area contributed by atoms with Crippen molar-refractivity contribution in [1.82, 2.24) is 10.3 Å². The maximum atomic E-state index is 11.4. The minimum atomic E-state index is -0.0195. The largest absolute Gasteiger partial charge is 0.392 e. The number of aliphatic hydroxyl groups excluding tert-OH is 1. The van der Waals surface area contributed by atoms with Crippen molar-refractivity contribution in [3.05, 3.63) is 69.1 Å². The van der Waals surface area contributed by atoms with Gasteiger partial charge in [0.25, 0.3) is 0 Å². The van der Waals surface area contributed by atoms with Crippen LogP contribution < -0.4 is 10.9 Å². The van der Waals surface area contributed by atoms with Gasteiger partial charge in [-0.05, 0) is 36.0 Å². The van der Waals surface area contributed by atoms with Crippen LogP contribution in [0.15, 0.2) is 41.2 Å². The van der Waals surface area contributed by atoms with Gasteiger partial charge in [-0.1, -0.05) is 30.3 Å². The second kappa shape index (κ2) is 6.24. The van der Waals surface area contributed by atoms with Crippen molar-refractivity contribution in [2.24, 2.45) is 0 Å². The fourth-order valence-electron chi connectivity index (χ4n) is 2.92. The molecule has 4 nitrogen and oxygen atoms in total. The zero-order valence-electron chi connectivity index (χ0n) is 11.9. The summed E-state index contributed by atoms with van der Waals surface area (Å²) in [5.41, 5.74) is 4.40. The molecule has 0 spiro atoms. The SMILES string of the molecule is O=c1ccc2c([nH]1)CCCC2NCc1ccc(CO)cc1. The van der Waals surface area contributed by atoms with Crippen LogP contribution in [0.4, 0.5) is 0 Å². The maximum absolute atomic E-state index is 11.4. The molecule has 110 valence electrons. The molecule has 21 heavy (non-hydrogen) atoms. The van der Waals surface area contributed by atoms with E-state index in [9.17, 15) is 4.79 Å². The van der Waals surface area contributed by atoms with Crippen LogP contribution in [-0.2, 0) is 19.6 Å². The van der Waals surface area contributed by atoms with Gasteiger partial charge in [0.1, 0.15) is 0 Å². The molecule has 3 N–H and O–H groups in total. The molecular weight excluding hydrogens is 264 g/mol. The number of aromatic nitrogens is 1. The Balaban J connectivity index is 1.70. The summed E-state index contributed by atoms with van der Waals surface area (Å²) in [6.07, 6.45) is 3.14. The van der Waals surface area contributed by atoms with Gasteiger partial charge in [-0.2, -0.15) is 0 Å². The topological polar surface area (TPSA) is 65.1 Å². The number of aromatic amines is 1. The van der Waals surface area contributed by atoms with E-state index in [-0.39, 0.29) is 12.2 Å². The number of pyridine rings is 1. The molecule has 0 saturated heterocycles. The number of nitrogens with one attached hydrogen (secondary N) is 2. The normalized spacial score (nSPS) is 17.5. The van der Waals surface area contributed by atoms with E-state index in [0.29, 0.717) is 6.04 Å². The van der Waals surface area contributed by atoms with E-state index in [1.807, 2.05) is 30.3 Å². The van der Waals surface area contributed by atoms with Crippen LogP contribution in [0.2, 0.25) is 0 Å². The van der Waals surface area contributed by atoms with Crippen LogP contribution >= 0.6 is 0 Å². The van der Waals surface area contributed by atoms with Gasteiger partial charge in [-0.15, -0.1) is 0 Å². The Bertz CT molecular complexity index is 661. The standard InChI is InChI=1S/C17H20N2O2/c20-11-13-6-4-12(5-7-13)10-18-15-2-1-3-16-14(15)8-9-17(21)19-16/h4-9,15,18,20H,1-3,10-11H2,(H,19,21). The van der Waals surface area contributed by atoms with Crippen molar-refractivity contribution in [2.45, 2.75) is 38.5 Å². The van der Waals surface area contributed by atoms with Gasteiger partial charge in [0.2, 0.25) is 5.56 Å². The minimum absolute atomic E-state index is 0.0195. The summed E-state index contributed by atoms with van der Waals surface area (Å²) in [6, 6.07) is 11.8. The van der Waals surface area contributed by atoms with Crippen LogP contribution in [0.3, 0.4) is 0 Å². The minimum Gasteiger partial charge on any atom is -0.392 e. The highest BCUT2D eigenvalue weighted by molar-refractivity contribution is 5.27. The van der Waals surface area contributed by atoms with Crippen molar-refractivity contribution in [1.29, 1.82) is 0 Å². The van der Waals surface area contributed by atoms with Crippen molar-refractivity contribution >= 4 is 0 Å². The monoisotopic (exact) mass is 284 g/mol. The number of hydrogen-bond donors (Lipinski definition) is 3. The molecule has 0 saturated carbocycles. The predicted molar refractivity (Wildman–Crippen MR) is 81.9 cm³/mol. The Morgan fingerprint density at radius 3 is 2.67 bits per heavy atom. The first-order valence-electron chi connectivity index (χ1n) is 7.40. The van der Waals surface area contributed by atoms with Crippen LogP contribution in [-0.4, -0.2) is 10.1 Å². The van der Waals surface area contributed by atoms with Crippen molar-refractivity contribution in [2.75, 3.05) is 0 Å². The second-order valence-corrected chi connectivity index (χ2v) is 5.56. The Hall–Kier alpha value is -1.91. The molecular formula is C17H20N2O2. The molecule has 0 bridgehead atoms. The molecule has 1 unspecified atom stereocenters. The van der Waals surface area contributed by atoms with Crippen LogP contribution in [0.5, 0.6) is 0 Å². The van der Waals surface area contributed by atoms with Gasteiger partial charge in [-0.25, -0.2) is 0 Å². The second-order valence-electron chi connectivity index (χ2n) is 5.56. The highest BCUT2D eigenvalue weighted by Crippen LogP contribution is 2.27. The number of hydrogen-bond acceptors (Lipinski definition) is 3. The molecule has 2 aromatic rings. The van der Waals surface area contributed by atoms with Gasteiger partial charge in [0.15, 0.2) is 0 Å². The maximum Gasteiger partial charge on any atom is 0.248 e. The fraction of sp³-hybridized carbons (Fsp3) is 0.353. The van der Waals surface area contributed by atoms with Crippen LogP contribution in [0, 0.1) is 0 Å². The summed E-state index contributed by atoms with van der Waals surface area (Å²) < 4.78 is 0. The summed E-state index contributed by atoms with van der Waals surface area (Å²) in [4.78, 5) is 14.3. The molecule has 1 atom stereocenters. The number of aryl methyl sites for hydroxylation is 1. The molecule has 1 aromatic carbocycles.